The van der Waals surface area contributed by atoms with E-state index < -0.39 is 0 Å². The fourth-order valence-corrected chi connectivity index (χ4v) is 4.24. The first-order valence-electron chi connectivity index (χ1n) is 6.13. The number of rotatable bonds is 0. The van der Waals surface area contributed by atoms with Crippen LogP contribution in [-0.2, 0) is 0 Å². The van der Waals surface area contributed by atoms with Gasteiger partial charge in [-0.25, -0.2) is 18.7 Å². The van der Waals surface area contributed by atoms with Gasteiger partial charge in [0.25, 0.3) is 0 Å². The van der Waals surface area contributed by atoms with Crippen LogP contribution in [0.15, 0.2) is 38.7 Å². The largest absolute Gasteiger partial charge is 0.375 e. The molecule has 2 N–H and O–H groups in total. The standard InChI is InChI=1S/C7H4BrFN2S.C7H3BrFNS/c8-3-1-6-5(2-4(3)9)11-7(10)12-6;8-4-1-7-6(2-5(4)9)10-3-11-7/h1-2H,(H2,10,11);1-3H. The lowest BCUT2D eigenvalue weighted by Gasteiger charge is -1.91. The molecule has 23 heavy (non-hydrogen) atoms. The summed E-state index contributed by atoms with van der Waals surface area (Å²) < 4.78 is 28.6. The molecule has 3 nitrogen and oxygen atoms in total. The Balaban J connectivity index is 0.000000136. The molecule has 0 atom stereocenters. The highest BCUT2D eigenvalue weighted by atomic mass is 79.9. The maximum Gasteiger partial charge on any atom is 0.181 e. The zero-order valence-electron chi connectivity index (χ0n) is 11.2. The van der Waals surface area contributed by atoms with Crippen molar-refractivity contribution >= 4 is 80.1 Å². The van der Waals surface area contributed by atoms with Crippen LogP contribution in [-0.4, -0.2) is 9.97 Å². The van der Waals surface area contributed by atoms with Gasteiger partial charge < -0.3 is 5.73 Å². The third-order valence-electron chi connectivity index (χ3n) is 2.82. The number of nitrogens with two attached hydrogens (primary N) is 1. The van der Waals surface area contributed by atoms with Crippen LogP contribution in [0.4, 0.5) is 13.9 Å². The molecule has 4 aromatic rings. The maximum absolute atomic E-state index is 12.9. The van der Waals surface area contributed by atoms with Gasteiger partial charge in [0.1, 0.15) is 11.6 Å². The molecule has 0 radical (unpaired) electrons. The molecule has 0 bridgehead atoms. The lowest BCUT2D eigenvalue weighted by Crippen LogP contribution is -1.80. The molecular formula is C14H7Br2F2N3S2. The normalized spacial score (nSPS) is 10.8. The Morgan fingerprint density at radius 1 is 0.913 bits per heavy atom. The summed E-state index contributed by atoms with van der Waals surface area (Å²) in [5.41, 5.74) is 8.49. The minimum Gasteiger partial charge on any atom is -0.375 e. The highest BCUT2D eigenvalue weighted by Crippen LogP contribution is 2.28. The highest BCUT2D eigenvalue weighted by Gasteiger charge is 2.05. The van der Waals surface area contributed by atoms with Crippen molar-refractivity contribution in [3.8, 4) is 0 Å². The van der Waals surface area contributed by atoms with E-state index in [0.29, 0.717) is 19.6 Å². The number of benzene rings is 2. The molecule has 0 aliphatic carbocycles. The number of hydrogen-bond acceptors (Lipinski definition) is 5. The van der Waals surface area contributed by atoms with Crippen molar-refractivity contribution in [3.05, 3.63) is 50.4 Å². The number of fused-ring (bicyclic) bond motifs is 2. The van der Waals surface area contributed by atoms with Crippen LogP contribution >= 0.6 is 54.5 Å². The molecule has 0 fully saturated rings. The average molecular weight is 479 g/mol. The van der Waals surface area contributed by atoms with Crippen molar-refractivity contribution < 1.29 is 8.78 Å². The van der Waals surface area contributed by atoms with Gasteiger partial charge in [-0.3, -0.25) is 0 Å². The summed E-state index contributed by atoms with van der Waals surface area (Å²) in [6, 6.07) is 6.21. The van der Waals surface area contributed by atoms with Crippen LogP contribution in [0, 0.1) is 11.6 Å². The van der Waals surface area contributed by atoms with Crippen LogP contribution in [0.2, 0.25) is 0 Å². The first-order chi connectivity index (χ1) is 10.9. The molecular weight excluding hydrogens is 472 g/mol. The van der Waals surface area contributed by atoms with Gasteiger partial charge >= 0.3 is 0 Å². The lowest BCUT2D eigenvalue weighted by atomic mass is 10.3. The highest BCUT2D eigenvalue weighted by molar-refractivity contribution is 9.10. The molecule has 0 saturated heterocycles. The smallest absolute Gasteiger partial charge is 0.181 e. The van der Waals surface area contributed by atoms with E-state index in [4.69, 9.17) is 5.73 Å². The van der Waals surface area contributed by atoms with E-state index >= 15 is 0 Å². The summed E-state index contributed by atoms with van der Waals surface area (Å²) in [5, 5.41) is 0.461. The quantitative estimate of drug-likeness (QED) is 0.338. The van der Waals surface area contributed by atoms with Crippen molar-refractivity contribution in [1.82, 2.24) is 9.97 Å². The van der Waals surface area contributed by atoms with Gasteiger partial charge in [0.05, 0.1) is 34.9 Å². The first-order valence-corrected chi connectivity index (χ1v) is 9.41. The number of nitrogen functional groups attached to an aromatic ring is 1. The molecule has 2 aromatic carbocycles. The SMILES string of the molecule is Fc1cc2ncsc2cc1Br.Nc1nc2cc(F)c(Br)cc2s1. The molecule has 0 unspecified atom stereocenters. The number of anilines is 1. The van der Waals surface area contributed by atoms with Crippen LogP contribution in [0.5, 0.6) is 0 Å². The second-order valence-corrected chi connectivity index (χ2v) is 8.03. The third-order valence-corrected chi connectivity index (χ3v) is 5.67. The van der Waals surface area contributed by atoms with Crippen LogP contribution in [0.1, 0.15) is 0 Å². The van der Waals surface area contributed by atoms with E-state index in [0.717, 1.165) is 14.9 Å². The lowest BCUT2D eigenvalue weighted by molar-refractivity contribution is 0.622. The Morgan fingerprint density at radius 3 is 2.22 bits per heavy atom. The average Bonchev–Trinajstić information content (AvgIpc) is 3.06. The molecule has 0 amide bonds. The van der Waals surface area contributed by atoms with Gasteiger partial charge in [-0.2, -0.15) is 0 Å². The molecule has 9 heteroatoms. The van der Waals surface area contributed by atoms with E-state index in [-0.39, 0.29) is 11.6 Å². The van der Waals surface area contributed by atoms with Crippen molar-refractivity contribution in [2.24, 2.45) is 0 Å². The van der Waals surface area contributed by atoms with Crippen molar-refractivity contribution in [1.29, 1.82) is 0 Å². The Labute approximate surface area is 154 Å². The summed E-state index contributed by atoms with van der Waals surface area (Å²) in [5.74, 6) is -0.573. The summed E-state index contributed by atoms with van der Waals surface area (Å²) in [4.78, 5) is 7.93. The van der Waals surface area contributed by atoms with Crippen molar-refractivity contribution in [3.63, 3.8) is 0 Å². The number of hydrogen-bond donors (Lipinski definition) is 1. The van der Waals surface area contributed by atoms with Gasteiger partial charge in [-0.05, 0) is 44.0 Å². The molecule has 2 heterocycles. The second-order valence-electron chi connectivity index (χ2n) is 4.37. The second kappa shape index (κ2) is 6.76. The summed E-state index contributed by atoms with van der Waals surface area (Å²) >= 11 is 9.04. The number of halogens is 4. The van der Waals surface area contributed by atoms with Gasteiger partial charge in [0, 0.05) is 12.1 Å². The Hall–Kier alpha value is -1.16. The summed E-state index contributed by atoms with van der Waals surface area (Å²) in [6.45, 7) is 0. The van der Waals surface area contributed by atoms with Gasteiger partial charge in [0.2, 0.25) is 0 Å². The molecule has 4 rings (SSSR count). The minimum absolute atomic E-state index is 0.261. The predicted octanol–water partition coefficient (Wildman–Crippen LogP) is 5.98. The minimum atomic E-state index is -0.312. The molecule has 0 aliphatic heterocycles. The molecule has 0 spiro atoms. The molecule has 118 valence electrons. The predicted molar refractivity (Wildman–Crippen MR) is 99.0 cm³/mol. The van der Waals surface area contributed by atoms with Crippen molar-refractivity contribution in [2.75, 3.05) is 5.73 Å². The van der Waals surface area contributed by atoms with Gasteiger partial charge in [0.15, 0.2) is 5.13 Å². The Kier molecular flexibility index (Phi) is 4.90. The van der Waals surface area contributed by atoms with E-state index in [2.05, 4.69) is 41.8 Å². The fourth-order valence-electron chi connectivity index (χ4n) is 1.79. The first kappa shape index (κ1) is 16.7. The van der Waals surface area contributed by atoms with E-state index in [1.165, 1.54) is 34.8 Å². The van der Waals surface area contributed by atoms with Crippen molar-refractivity contribution in [2.45, 2.75) is 0 Å². The number of thiazole rings is 2. The summed E-state index contributed by atoms with van der Waals surface area (Å²) in [7, 11) is 0. The number of aromatic nitrogens is 2. The molecule has 2 aromatic heterocycles. The van der Waals surface area contributed by atoms with Crippen LogP contribution in [0.3, 0.4) is 0 Å². The van der Waals surface area contributed by atoms with Crippen LogP contribution < -0.4 is 5.73 Å². The number of nitrogens with zero attached hydrogens (tertiary/aromatic N) is 2. The third kappa shape index (κ3) is 3.68. The molecule has 0 aliphatic rings. The van der Waals surface area contributed by atoms with Gasteiger partial charge in [-0.15, -0.1) is 11.3 Å². The zero-order chi connectivity index (χ0) is 16.6. The zero-order valence-corrected chi connectivity index (χ0v) is 16.0. The van der Waals surface area contributed by atoms with E-state index in [1.807, 2.05) is 0 Å². The van der Waals surface area contributed by atoms with E-state index in [1.54, 1.807) is 17.6 Å². The molecule has 0 saturated carbocycles. The van der Waals surface area contributed by atoms with E-state index in [9.17, 15) is 8.78 Å². The van der Waals surface area contributed by atoms with Gasteiger partial charge in [-0.1, -0.05) is 11.3 Å². The fraction of sp³-hybridized carbons (Fsp3) is 0. The summed E-state index contributed by atoms with van der Waals surface area (Å²) in [6.07, 6.45) is 0. The van der Waals surface area contributed by atoms with Crippen LogP contribution in [0.25, 0.3) is 20.4 Å². The maximum atomic E-state index is 12.9. The monoisotopic (exact) mass is 477 g/mol. The Morgan fingerprint density at radius 2 is 1.52 bits per heavy atom. The Bertz CT molecular complexity index is 925. The topological polar surface area (TPSA) is 51.8 Å².